The fourth-order valence-electron chi connectivity index (χ4n) is 3.13. The van der Waals surface area contributed by atoms with Gasteiger partial charge in [0.2, 0.25) is 5.91 Å². The molecule has 1 aromatic carbocycles. The van der Waals surface area contributed by atoms with Crippen molar-refractivity contribution >= 4 is 11.6 Å². The maximum Gasteiger partial charge on any atom is 0.223 e. The topological polar surface area (TPSA) is 44.4 Å². The highest BCUT2D eigenvalue weighted by Gasteiger charge is 2.30. The second-order valence-electron chi connectivity index (χ2n) is 6.31. The minimum atomic E-state index is 0.137. The van der Waals surface area contributed by atoms with Crippen LogP contribution in [0.15, 0.2) is 30.3 Å². The molecule has 0 spiro atoms. The summed E-state index contributed by atoms with van der Waals surface area (Å²) in [6.45, 7) is 6.07. The number of hydrogen-bond donors (Lipinski definition) is 2. The Morgan fingerprint density at radius 1 is 1.24 bits per heavy atom. The second kappa shape index (κ2) is 6.48. The molecule has 2 aliphatic rings. The van der Waals surface area contributed by atoms with Crippen molar-refractivity contribution in [3.63, 3.8) is 0 Å². The van der Waals surface area contributed by atoms with Gasteiger partial charge in [-0.3, -0.25) is 4.79 Å². The fourth-order valence-corrected chi connectivity index (χ4v) is 3.13. The van der Waals surface area contributed by atoms with Gasteiger partial charge < -0.3 is 15.5 Å². The molecule has 3 rings (SSSR count). The van der Waals surface area contributed by atoms with Gasteiger partial charge >= 0.3 is 0 Å². The summed E-state index contributed by atoms with van der Waals surface area (Å²) in [5, 5.41) is 6.48. The molecule has 1 unspecified atom stereocenters. The van der Waals surface area contributed by atoms with Gasteiger partial charge in [0.1, 0.15) is 0 Å². The van der Waals surface area contributed by atoms with Crippen LogP contribution in [0.2, 0.25) is 0 Å². The van der Waals surface area contributed by atoms with Crippen LogP contribution in [0.5, 0.6) is 0 Å². The average molecular weight is 287 g/mol. The first-order chi connectivity index (χ1) is 10.2. The van der Waals surface area contributed by atoms with Gasteiger partial charge in [-0.25, -0.2) is 0 Å². The number of piperidine rings is 1. The minimum Gasteiger partial charge on any atom is -0.371 e. The number of para-hydroxylation sites is 1. The molecular formula is C17H25N3O. The van der Waals surface area contributed by atoms with E-state index in [1.807, 2.05) is 6.07 Å². The smallest absolute Gasteiger partial charge is 0.223 e. The summed E-state index contributed by atoms with van der Waals surface area (Å²) in [6.07, 6.45) is 2.08. The summed E-state index contributed by atoms with van der Waals surface area (Å²) in [4.78, 5) is 14.6. The molecule has 114 valence electrons. The van der Waals surface area contributed by atoms with Gasteiger partial charge in [-0.15, -0.1) is 0 Å². The van der Waals surface area contributed by atoms with Gasteiger partial charge in [-0.05, 0) is 44.0 Å². The van der Waals surface area contributed by atoms with Crippen molar-refractivity contribution in [3.05, 3.63) is 30.3 Å². The van der Waals surface area contributed by atoms with Crippen molar-refractivity contribution in [1.29, 1.82) is 0 Å². The Morgan fingerprint density at radius 3 is 2.48 bits per heavy atom. The third kappa shape index (κ3) is 3.38. The molecule has 2 fully saturated rings. The molecule has 2 saturated heterocycles. The van der Waals surface area contributed by atoms with Crippen LogP contribution in [0.25, 0.3) is 0 Å². The molecule has 1 amide bonds. The highest BCUT2D eigenvalue weighted by atomic mass is 16.1. The summed E-state index contributed by atoms with van der Waals surface area (Å²) in [7, 11) is 0. The van der Waals surface area contributed by atoms with Crippen molar-refractivity contribution in [3.8, 4) is 0 Å². The van der Waals surface area contributed by atoms with Crippen LogP contribution >= 0.6 is 0 Å². The number of benzene rings is 1. The zero-order valence-corrected chi connectivity index (χ0v) is 12.7. The Hall–Kier alpha value is -1.55. The van der Waals surface area contributed by atoms with Crippen LogP contribution in [-0.2, 0) is 4.79 Å². The molecule has 21 heavy (non-hydrogen) atoms. The minimum absolute atomic E-state index is 0.137. The molecule has 4 heteroatoms. The van der Waals surface area contributed by atoms with Crippen LogP contribution in [0.3, 0.4) is 0 Å². The van der Waals surface area contributed by atoms with Crippen LogP contribution in [0.1, 0.15) is 19.8 Å². The van der Waals surface area contributed by atoms with E-state index in [1.54, 1.807) is 0 Å². The Bertz CT molecular complexity index is 464. The molecule has 0 saturated carbocycles. The predicted molar refractivity (Wildman–Crippen MR) is 85.3 cm³/mol. The van der Waals surface area contributed by atoms with E-state index in [0.29, 0.717) is 12.0 Å². The number of rotatable bonds is 4. The molecule has 4 nitrogen and oxygen atoms in total. The van der Waals surface area contributed by atoms with E-state index in [0.717, 1.165) is 39.0 Å². The van der Waals surface area contributed by atoms with Crippen LogP contribution in [0, 0.1) is 11.8 Å². The van der Waals surface area contributed by atoms with E-state index in [9.17, 15) is 4.79 Å². The average Bonchev–Trinajstić information content (AvgIpc) is 2.47. The van der Waals surface area contributed by atoms with Gasteiger partial charge in [0.05, 0.1) is 0 Å². The van der Waals surface area contributed by atoms with Gasteiger partial charge in [-0.2, -0.15) is 0 Å². The Morgan fingerprint density at radius 2 is 1.90 bits per heavy atom. The van der Waals surface area contributed by atoms with E-state index in [-0.39, 0.29) is 11.8 Å². The summed E-state index contributed by atoms with van der Waals surface area (Å²) >= 11 is 0. The molecule has 2 aliphatic heterocycles. The largest absolute Gasteiger partial charge is 0.371 e. The zero-order chi connectivity index (χ0) is 14.7. The molecule has 0 radical (unpaired) electrons. The van der Waals surface area contributed by atoms with Crippen molar-refractivity contribution in [2.75, 3.05) is 31.1 Å². The van der Waals surface area contributed by atoms with Crippen molar-refractivity contribution in [2.24, 2.45) is 11.8 Å². The SMILES string of the molecule is CC(C(=O)NC1CCN(c2ccccc2)CC1)C1CNC1. The van der Waals surface area contributed by atoms with E-state index in [1.165, 1.54) is 5.69 Å². The molecular weight excluding hydrogens is 262 g/mol. The maximum absolute atomic E-state index is 12.2. The lowest BCUT2D eigenvalue weighted by Crippen LogP contribution is -2.52. The summed E-state index contributed by atoms with van der Waals surface area (Å²) in [6, 6.07) is 10.9. The number of nitrogens with zero attached hydrogens (tertiary/aromatic N) is 1. The lowest BCUT2D eigenvalue weighted by atomic mass is 9.88. The second-order valence-corrected chi connectivity index (χ2v) is 6.31. The van der Waals surface area contributed by atoms with Crippen molar-refractivity contribution in [1.82, 2.24) is 10.6 Å². The number of carbonyl (C=O) groups is 1. The van der Waals surface area contributed by atoms with E-state index >= 15 is 0 Å². The fraction of sp³-hybridized carbons (Fsp3) is 0.588. The Kier molecular flexibility index (Phi) is 4.44. The zero-order valence-electron chi connectivity index (χ0n) is 12.7. The van der Waals surface area contributed by atoms with Crippen LogP contribution in [0.4, 0.5) is 5.69 Å². The molecule has 0 aliphatic carbocycles. The molecule has 1 atom stereocenters. The molecule has 0 aromatic heterocycles. The van der Waals surface area contributed by atoms with Gasteiger partial charge in [0.25, 0.3) is 0 Å². The first kappa shape index (κ1) is 14.4. The number of hydrogen-bond acceptors (Lipinski definition) is 3. The highest BCUT2D eigenvalue weighted by molar-refractivity contribution is 5.79. The summed E-state index contributed by atoms with van der Waals surface area (Å²) in [5.41, 5.74) is 1.29. The van der Waals surface area contributed by atoms with Gasteiger partial charge in [0, 0.05) is 30.7 Å². The molecule has 1 aromatic rings. The van der Waals surface area contributed by atoms with E-state index < -0.39 is 0 Å². The van der Waals surface area contributed by atoms with Crippen molar-refractivity contribution in [2.45, 2.75) is 25.8 Å². The predicted octanol–water partition coefficient (Wildman–Crippen LogP) is 1.63. The summed E-state index contributed by atoms with van der Waals surface area (Å²) in [5.74, 6) is 0.896. The third-order valence-corrected chi connectivity index (χ3v) is 4.90. The number of anilines is 1. The van der Waals surface area contributed by atoms with Gasteiger partial charge in [-0.1, -0.05) is 25.1 Å². The van der Waals surface area contributed by atoms with E-state index in [4.69, 9.17) is 0 Å². The number of nitrogens with one attached hydrogen (secondary N) is 2. The third-order valence-electron chi connectivity index (χ3n) is 4.90. The monoisotopic (exact) mass is 287 g/mol. The standard InChI is InChI=1S/C17H25N3O/c1-13(14-11-18-12-14)17(21)19-15-7-9-20(10-8-15)16-5-3-2-4-6-16/h2-6,13-15,18H,7-12H2,1H3,(H,19,21). The Labute approximate surface area is 126 Å². The van der Waals surface area contributed by atoms with E-state index in [2.05, 4.69) is 46.7 Å². The lowest BCUT2D eigenvalue weighted by molar-refractivity contribution is -0.127. The lowest BCUT2D eigenvalue weighted by Gasteiger charge is -2.36. The quantitative estimate of drug-likeness (QED) is 0.884. The van der Waals surface area contributed by atoms with Gasteiger partial charge in [0.15, 0.2) is 0 Å². The maximum atomic E-state index is 12.2. The molecule has 2 heterocycles. The normalized spacial score (nSPS) is 21.7. The Balaban J connectivity index is 1.46. The molecule has 0 bridgehead atoms. The number of carbonyl (C=O) groups excluding carboxylic acids is 1. The van der Waals surface area contributed by atoms with Crippen LogP contribution < -0.4 is 15.5 Å². The first-order valence-electron chi connectivity index (χ1n) is 8.05. The first-order valence-corrected chi connectivity index (χ1v) is 8.05. The highest BCUT2D eigenvalue weighted by Crippen LogP contribution is 2.21. The molecule has 2 N–H and O–H groups in total. The number of amides is 1. The summed E-state index contributed by atoms with van der Waals surface area (Å²) < 4.78 is 0. The van der Waals surface area contributed by atoms with Crippen molar-refractivity contribution < 1.29 is 4.79 Å². The van der Waals surface area contributed by atoms with Crippen LogP contribution in [-0.4, -0.2) is 38.1 Å².